The predicted molar refractivity (Wildman–Crippen MR) is 118 cm³/mol. The quantitative estimate of drug-likeness (QED) is 0.439. The number of rotatable bonds is 6. The first-order valence-electron chi connectivity index (χ1n) is 10.3. The van der Waals surface area contributed by atoms with E-state index in [-0.39, 0.29) is 29.7 Å². The van der Waals surface area contributed by atoms with Gasteiger partial charge >= 0.3 is 6.18 Å². The van der Waals surface area contributed by atoms with Crippen molar-refractivity contribution in [2.45, 2.75) is 32.9 Å². The number of anilines is 1. The van der Waals surface area contributed by atoms with Gasteiger partial charge in [0.05, 0.1) is 18.1 Å². The average molecular weight is 473 g/mol. The second-order valence-corrected chi connectivity index (χ2v) is 7.77. The van der Waals surface area contributed by atoms with Crippen LogP contribution in [0.3, 0.4) is 0 Å². The van der Waals surface area contributed by atoms with E-state index in [0.29, 0.717) is 17.9 Å². The molecule has 0 aliphatic heterocycles. The van der Waals surface area contributed by atoms with E-state index in [4.69, 9.17) is 4.74 Å². The number of H-pyrrole nitrogens is 1. The third-order valence-electron chi connectivity index (χ3n) is 5.52. The zero-order valence-corrected chi connectivity index (χ0v) is 18.9. The van der Waals surface area contributed by atoms with Gasteiger partial charge < -0.3 is 4.74 Å². The number of halogens is 3. The van der Waals surface area contributed by atoms with Crippen LogP contribution in [0.4, 0.5) is 19.1 Å². The molecular weight excluding hydrogens is 451 g/mol. The van der Waals surface area contributed by atoms with Gasteiger partial charge in [-0.2, -0.15) is 18.2 Å². The van der Waals surface area contributed by atoms with Crippen molar-refractivity contribution in [3.8, 4) is 17.3 Å². The lowest BCUT2D eigenvalue weighted by atomic mass is 10.00. The number of aromatic nitrogens is 6. The molecule has 0 atom stereocenters. The van der Waals surface area contributed by atoms with E-state index in [9.17, 15) is 18.0 Å². The molecule has 0 saturated heterocycles. The summed E-state index contributed by atoms with van der Waals surface area (Å²) in [5.74, 6) is 0.225. The Morgan fingerprint density at radius 3 is 2.71 bits per heavy atom. The molecule has 0 fully saturated rings. The molecule has 0 aliphatic carbocycles. The Morgan fingerprint density at radius 2 is 2.00 bits per heavy atom. The number of amides is 1. The molecule has 4 rings (SSSR count). The Hall–Kier alpha value is -3.96. The molecule has 3 aromatic heterocycles. The van der Waals surface area contributed by atoms with Gasteiger partial charge in [0, 0.05) is 24.7 Å². The Morgan fingerprint density at radius 1 is 1.24 bits per heavy atom. The van der Waals surface area contributed by atoms with Crippen LogP contribution >= 0.6 is 0 Å². The normalized spacial score (nSPS) is 11.7. The zero-order chi connectivity index (χ0) is 24.6. The number of ether oxygens (including phenoxy) is 1. The molecule has 9 nitrogen and oxygen atoms in total. The van der Waals surface area contributed by atoms with Gasteiger partial charge in [-0.3, -0.25) is 15.2 Å². The fourth-order valence-corrected chi connectivity index (χ4v) is 3.82. The summed E-state index contributed by atoms with van der Waals surface area (Å²) in [4.78, 5) is 21.2. The van der Waals surface area contributed by atoms with Crippen LogP contribution in [0.15, 0.2) is 24.3 Å². The topological polar surface area (TPSA) is 111 Å². The van der Waals surface area contributed by atoms with E-state index in [1.807, 2.05) is 13.8 Å². The van der Waals surface area contributed by atoms with Gasteiger partial charge in [-0.25, -0.2) is 9.67 Å². The third-order valence-corrected chi connectivity index (χ3v) is 5.52. The lowest BCUT2D eigenvalue weighted by molar-refractivity contribution is -0.137. The summed E-state index contributed by atoms with van der Waals surface area (Å²) >= 11 is 0. The van der Waals surface area contributed by atoms with Gasteiger partial charge in [-0.15, -0.1) is 10.2 Å². The molecule has 34 heavy (non-hydrogen) atoms. The molecular formula is C22H22F3N7O2. The van der Waals surface area contributed by atoms with Crippen molar-refractivity contribution >= 4 is 22.9 Å². The minimum Gasteiger partial charge on any atom is -0.479 e. The highest BCUT2D eigenvalue weighted by atomic mass is 19.4. The first-order chi connectivity index (χ1) is 16.1. The van der Waals surface area contributed by atoms with Crippen LogP contribution in [-0.2, 0) is 24.4 Å². The van der Waals surface area contributed by atoms with Gasteiger partial charge in [0.2, 0.25) is 17.7 Å². The minimum absolute atomic E-state index is 0.0200. The van der Waals surface area contributed by atoms with Crippen molar-refractivity contribution in [3.05, 3.63) is 46.6 Å². The molecule has 0 bridgehead atoms. The Labute approximate surface area is 192 Å². The number of hydrogen-bond donors (Lipinski definition) is 2. The minimum atomic E-state index is -4.47. The molecule has 0 saturated carbocycles. The number of nitrogens with one attached hydrogen (secondary N) is 2. The summed E-state index contributed by atoms with van der Waals surface area (Å²) in [5, 5.41) is 14.1. The summed E-state index contributed by atoms with van der Waals surface area (Å²) in [6.45, 7) is 3.81. The molecule has 1 aromatic carbocycles. The molecule has 0 radical (unpaired) electrons. The van der Waals surface area contributed by atoms with Crippen molar-refractivity contribution in [2.75, 3.05) is 12.4 Å². The largest absolute Gasteiger partial charge is 0.479 e. The zero-order valence-electron chi connectivity index (χ0n) is 18.9. The lowest BCUT2D eigenvalue weighted by Crippen LogP contribution is -2.14. The molecule has 0 unspecified atom stereocenters. The predicted octanol–water partition coefficient (Wildman–Crippen LogP) is 3.97. The average Bonchev–Trinajstić information content (AvgIpc) is 3.37. The molecule has 178 valence electrons. The van der Waals surface area contributed by atoms with Crippen molar-refractivity contribution in [1.29, 1.82) is 0 Å². The summed E-state index contributed by atoms with van der Waals surface area (Å²) in [6, 6.07) is 4.70. The van der Waals surface area contributed by atoms with Gasteiger partial charge in [0.25, 0.3) is 0 Å². The van der Waals surface area contributed by atoms with Gasteiger partial charge in [-0.05, 0) is 43.5 Å². The van der Waals surface area contributed by atoms with Crippen LogP contribution in [0.1, 0.15) is 28.8 Å². The van der Waals surface area contributed by atoms with Crippen LogP contribution < -0.4 is 10.1 Å². The number of nitrogens with zero attached hydrogens (tertiary/aromatic N) is 5. The second-order valence-electron chi connectivity index (χ2n) is 7.77. The van der Waals surface area contributed by atoms with E-state index in [1.54, 1.807) is 18.8 Å². The van der Waals surface area contributed by atoms with E-state index in [1.165, 1.54) is 12.1 Å². The highest BCUT2D eigenvalue weighted by Crippen LogP contribution is 2.32. The Bertz CT molecular complexity index is 1380. The van der Waals surface area contributed by atoms with Crippen molar-refractivity contribution in [2.24, 2.45) is 7.05 Å². The number of hydrogen-bond acceptors (Lipinski definition) is 6. The van der Waals surface area contributed by atoms with E-state index in [2.05, 4.69) is 30.6 Å². The fourth-order valence-electron chi connectivity index (χ4n) is 3.82. The van der Waals surface area contributed by atoms with Crippen LogP contribution in [0, 0.1) is 13.8 Å². The van der Waals surface area contributed by atoms with Gasteiger partial charge in [0.15, 0.2) is 11.5 Å². The molecule has 3 heterocycles. The monoisotopic (exact) mass is 473 g/mol. The summed E-state index contributed by atoms with van der Waals surface area (Å²) in [5.41, 5.74) is 2.74. The number of alkyl halides is 3. The van der Waals surface area contributed by atoms with Crippen molar-refractivity contribution < 1.29 is 22.7 Å². The van der Waals surface area contributed by atoms with Crippen molar-refractivity contribution in [1.82, 2.24) is 29.9 Å². The highest BCUT2D eigenvalue weighted by molar-refractivity contribution is 5.90. The maximum absolute atomic E-state index is 13.0. The lowest BCUT2D eigenvalue weighted by Gasteiger charge is -2.11. The number of aromatic amines is 1. The van der Waals surface area contributed by atoms with Crippen LogP contribution in [0.5, 0.6) is 5.88 Å². The number of methoxy groups -OCH3 is 1. The van der Waals surface area contributed by atoms with Gasteiger partial charge in [-0.1, -0.05) is 12.1 Å². The van der Waals surface area contributed by atoms with E-state index < -0.39 is 11.7 Å². The summed E-state index contributed by atoms with van der Waals surface area (Å²) < 4.78 is 45.9. The molecule has 4 aromatic rings. The number of benzene rings is 1. The van der Waals surface area contributed by atoms with E-state index in [0.717, 1.165) is 34.3 Å². The number of carbonyl (C=O) groups excluding carboxylic acids is 1. The van der Waals surface area contributed by atoms with E-state index >= 15 is 0 Å². The first-order valence-corrected chi connectivity index (χ1v) is 10.3. The van der Waals surface area contributed by atoms with Crippen LogP contribution in [-0.4, -0.2) is 43.0 Å². The highest BCUT2D eigenvalue weighted by Gasteiger charge is 2.30. The van der Waals surface area contributed by atoms with Crippen molar-refractivity contribution in [3.63, 3.8) is 0 Å². The molecule has 1 amide bonds. The molecule has 0 spiro atoms. The number of carbonyl (C=O) groups is 1. The third kappa shape index (κ3) is 4.43. The van der Waals surface area contributed by atoms with Crippen LogP contribution in [0.2, 0.25) is 0 Å². The van der Waals surface area contributed by atoms with Crippen LogP contribution in [0.25, 0.3) is 22.4 Å². The molecule has 12 heteroatoms. The maximum atomic E-state index is 13.0. The summed E-state index contributed by atoms with van der Waals surface area (Å²) in [6.07, 6.45) is -3.93. The molecule has 2 N–H and O–H groups in total. The number of fused-ring (bicyclic) bond motifs is 1. The number of aryl methyl sites for hydroxylation is 3. The fraction of sp³-hybridized carbons (Fsp3) is 0.318. The Kier molecular flexibility index (Phi) is 5.98. The smallest absolute Gasteiger partial charge is 0.416 e. The van der Waals surface area contributed by atoms with Gasteiger partial charge in [0.1, 0.15) is 0 Å². The first kappa shape index (κ1) is 23.2. The Balaban J connectivity index is 1.47. The molecule has 0 aliphatic rings. The SMILES string of the molecule is COc1nn(C)c2nc(C)c(CCC(=O)Nc3n[nH]c(-c4cccc(C(F)(F)F)c4)n3)c(C)c12. The summed E-state index contributed by atoms with van der Waals surface area (Å²) in [7, 11) is 3.33. The standard InChI is InChI=1S/C22H22F3N7O2/c1-11-15(12(2)26-19-17(11)20(34-4)31-32(19)3)8-9-16(33)27-21-28-18(29-30-21)13-6-5-7-14(10-13)22(23,24)25/h5-7,10H,8-9H2,1-4H3,(H2,27,28,29,30,33). The maximum Gasteiger partial charge on any atom is 0.416 e. The number of pyridine rings is 1. The second kappa shape index (κ2) is 8.76.